The van der Waals surface area contributed by atoms with Crippen LogP contribution in [-0.2, 0) is 6.18 Å². The summed E-state index contributed by atoms with van der Waals surface area (Å²) in [5.41, 5.74) is -1.15. The van der Waals surface area contributed by atoms with Gasteiger partial charge in [0.1, 0.15) is 5.82 Å². The Kier molecular flexibility index (Phi) is 4.37. The highest BCUT2D eigenvalue weighted by Gasteiger charge is 2.36. The molecule has 0 spiro atoms. The van der Waals surface area contributed by atoms with E-state index >= 15 is 0 Å². The van der Waals surface area contributed by atoms with Gasteiger partial charge in [-0.25, -0.2) is 4.39 Å². The second kappa shape index (κ2) is 5.72. The lowest BCUT2D eigenvalue weighted by Crippen LogP contribution is -2.13. The van der Waals surface area contributed by atoms with Gasteiger partial charge in [-0.2, -0.15) is 13.2 Å². The lowest BCUT2D eigenvalue weighted by Gasteiger charge is -2.20. The zero-order valence-electron chi connectivity index (χ0n) is 11.3. The van der Waals surface area contributed by atoms with Crippen molar-refractivity contribution in [1.82, 2.24) is 0 Å². The first kappa shape index (κ1) is 15.3. The first-order chi connectivity index (χ1) is 9.32. The van der Waals surface area contributed by atoms with Crippen molar-refractivity contribution in [2.24, 2.45) is 11.8 Å². The number of aliphatic hydroxyl groups excluding tert-OH is 1. The topological polar surface area (TPSA) is 20.2 Å². The Balaban J connectivity index is 2.21. The molecule has 0 aromatic heterocycles. The Hall–Kier alpha value is -1.10. The van der Waals surface area contributed by atoms with Crippen LogP contribution in [0.1, 0.15) is 49.8 Å². The second-order valence-electron chi connectivity index (χ2n) is 5.53. The van der Waals surface area contributed by atoms with Crippen molar-refractivity contribution in [3.63, 3.8) is 0 Å². The predicted molar refractivity (Wildman–Crippen MR) is 67.5 cm³/mol. The van der Waals surface area contributed by atoms with Crippen LogP contribution in [0, 0.1) is 17.7 Å². The highest BCUT2D eigenvalue weighted by atomic mass is 19.4. The first-order valence-electron chi connectivity index (χ1n) is 6.87. The van der Waals surface area contributed by atoms with Gasteiger partial charge in [0.05, 0.1) is 11.7 Å². The Bertz CT molecular complexity index is 469. The molecule has 1 aliphatic rings. The fraction of sp³-hybridized carbons (Fsp3) is 0.600. The van der Waals surface area contributed by atoms with Gasteiger partial charge in [-0.15, -0.1) is 0 Å². The third-order valence-electron chi connectivity index (χ3n) is 4.24. The third kappa shape index (κ3) is 3.14. The standard InChI is InChI=1S/C15H18F4O/c1-2-9-3-4-10(7-9)14(20)11-5-6-13(16)12(8-11)15(17,18)19/h5-6,8-10,14,20H,2-4,7H2,1H3. The van der Waals surface area contributed by atoms with Gasteiger partial charge in [0.25, 0.3) is 0 Å². The molecule has 0 saturated heterocycles. The van der Waals surface area contributed by atoms with Crippen LogP contribution in [0.5, 0.6) is 0 Å². The molecule has 0 amide bonds. The average molecular weight is 290 g/mol. The molecular formula is C15H18F4O. The molecule has 0 radical (unpaired) electrons. The molecule has 1 nitrogen and oxygen atoms in total. The summed E-state index contributed by atoms with van der Waals surface area (Å²) in [6.45, 7) is 2.07. The van der Waals surface area contributed by atoms with Gasteiger partial charge in [0, 0.05) is 0 Å². The maximum absolute atomic E-state index is 13.2. The number of aliphatic hydroxyl groups is 1. The van der Waals surface area contributed by atoms with Crippen molar-refractivity contribution in [3.8, 4) is 0 Å². The van der Waals surface area contributed by atoms with Gasteiger partial charge in [-0.1, -0.05) is 25.8 Å². The van der Waals surface area contributed by atoms with Crippen LogP contribution in [0.3, 0.4) is 0 Å². The summed E-state index contributed by atoms with van der Waals surface area (Å²) in [4.78, 5) is 0. The van der Waals surface area contributed by atoms with Crippen LogP contribution in [-0.4, -0.2) is 5.11 Å². The molecule has 1 N–H and O–H groups in total. The molecule has 3 atom stereocenters. The average Bonchev–Trinajstić information content (AvgIpc) is 2.86. The van der Waals surface area contributed by atoms with E-state index in [1.165, 1.54) is 6.07 Å². The highest BCUT2D eigenvalue weighted by Crippen LogP contribution is 2.41. The number of alkyl halides is 3. The van der Waals surface area contributed by atoms with Crippen LogP contribution in [0.25, 0.3) is 0 Å². The summed E-state index contributed by atoms with van der Waals surface area (Å²) in [6.07, 6.45) is -2.06. The smallest absolute Gasteiger partial charge is 0.388 e. The summed E-state index contributed by atoms with van der Waals surface area (Å²) < 4.78 is 51.2. The summed E-state index contributed by atoms with van der Waals surface area (Å²) in [5, 5.41) is 10.2. The van der Waals surface area contributed by atoms with E-state index in [1.807, 2.05) is 0 Å². The molecule has 5 heteroatoms. The first-order valence-corrected chi connectivity index (χ1v) is 6.87. The third-order valence-corrected chi connectivity index (χ3v) is 4.24. The van der Waals surface area contributed by atoms with Crippen molar-refractivity contribution in [3.05, 3.63) is 35.1 Å². The molecule has 0 aliphatic heterocycles. The number of hydrogen-bond donors (Lipinski definition) is 1. The quantitative estimate of drug-likeness (QED) is 0.800. The molecular weight excluding hydrogens is 272 g/mol. The Morgan fingerprint density at radius 3 is 2.55 bits per heavy atom. The van der Waals surface area contributed by atoms with Gasteiger partial charge in [0.2, 0.25) is 0 Å². The van der Waals surface area contributed by atoms with Crippen molar-refractivity contribution in [2.75, 3.05) is 0 Å². The number of benzene rings is 1. The molecule has 3 unspecified atom stereocenters. The highest BCUT2D eigenvalue weighted by molar-refractivity contribution is 5.29. The van der Waals surface area contributed by atoms with Gasteiger partial charge in [0.15, 0.2) is 0 Å². The minimum absolute atomic E-state index is 0.0357. The predicted octanol–water partition coefficient (Wildman–Crippen LogP) is 4.70. The molecule has 0 heterocycles. The van der Waals surface area contributed by atoms with E-state index in [-0.39, 0.29) is 11.5 Å². The monoisotopic (exact) mass is 290 g/mol. The van der Waals surface area contributed by atoms with Gasteiger partial charge in [-0.3, -0.25) is 0 Å². The Labute approximate surface area is 115 Å². The van der Waals surface area contributed by atoms with E-state index in [0.29, 0.717) is 5.92 Å². The maximum Gasteiger partial charge on any atom is 0.419 e. The van der Waals surface area contributed by atoms with Crippen molar-refractivity contribution >= 4 is 0 Å². The van der Waals surface area contributed by atoms with Crippen LogP contribution in [0.15, 0.2) is 18.2 Å². The minimum Gasteiger partial charge on any atom is -0.388 e. The lowest BCUT2D eigenvalue weighted by atomic mass is 9.92. The molecule has 1 fully saturated rings. The normalized spacial score (nSPS) is 24.9. The van der Waals surface area contributed by atoms with Gasteiger partial charge >= 0.3 is 6.18 Å². The van der Waals surface area contributed by atoms with E-state index in [1.54, 1.807) is 0 Å². The lowest BCUT2D eigenvalue weighted by molar-refractivity contribution is -0.140. The summed E-state index contributed by atoms with van der Waals surface area (Å²) >= 11 is 0. The zero-order valence-corrected chi connectivity index (χ0v) is 11.3. The van der Waals surface area contributed by atoms with E-state index in [0.717, 1.165) is 37.8 Å². The SMILES string of the molecule is CCC1CCC(C(O)c2ccc(F)c(C(F)(F)F)c2)C1. The molecule has 112 valence electrons. The molecule has 1 aliphatic carbocycles. The number of hydrogen-bond acceptors (Lipinski definition) is 1. The van der Waals surface area contributed by atoms with Crippen molar-refractivity contribution in [2.45, 2.75) is 44.9 Å². The Morgan fingerprint density at radius 2 is 2.00 bits per heavy atom. The summed E-state index contributed by atoms with van der Waals surface area (Å²) in [7, 11) is 0. The van der Waals surface area contributed by atoms with Crippen LogP contribution >= 0.6 is 0 Å². The molecule has 1 aromatic carbocycles. The minimum atomic E-state index is -4.73. The number of halogens is 4. The summed E-state index contributed by atoms with van der Waals surface area (Å²) in [5.74, 6) is -0.810. The van der Waals surface area contributed by atoms with Crippen molar-refractivity contribution in [1.29, 1.82) is 0 Å². The molecule has 1 aromatic rings. The maximum atomic E-state index is 13.2. The Morgan fingerprint density at radius 1 is 1.30 bits per heavy atom. The van der Waals surface area contributed by atoms with E-state index in [9.17, 15) is 22.7 Å². The van der Waals surface area contributed by atoms with Gasteiger partial charge < -0.3 is 5.11 Å². The summed E-state index contributed by atoms with van der Waals surface area (Å²) in [6, 6.07) is 2.77. The molecule has 20 heavy (non-hydrogen) atoms. The van der Waals surface area contributed by atoms with E-state index in [2.05, 4.69) is 6.92 Å². The van der Waals surface area contributed by atoms with Crippen LogP contribution < -0.4 is 0 Å². The number of rotatable bonds is 3. The van der Waals surface area contributed by atoms with Crippen LogP contribution in [0.2, 0.25) is 0 Å². The zero-order chi connectivity index (χ0) is 14.9. The van der Waals surface area contributed by atoms with Crippen molar-refractivity contribution < 1.29 is 22.7 Å². The van der Waals surface area contributed by atoms with Crippen LogP contribution in [0.4, 0.5) is 17.6 Å². The van der Waals surface area contributed by atoms with E-state index in [4.69, 9.17) is 0 Å². The fourth-order valence-corrected chi connectivity index (χ4v) is 2.99. The molecule has 0 bridgehead atoms. The molecule has 2 rings (SSSR count). The molecule has 1 saturated carbocycles. The van der Waals surface area contributed by atoms with E-state index < -0.39 is 23.7 Å². The fourth-order valence-electron chi connectivity index (χ4n) is 2.99. The van der Waals surface area contributed by atoms with Gasteiger partial charge in [-0.05, 0) is 42.4 Å². The second-order valence-corrected chi connectivity index (χ2v) is 5.53. The largest absolute Gasteiger partial charge is 0.419 e.